The van der Waals surface area contributed by atoms with E-state index in [1.165, 1.54) is 0 Å². The minimum absolute atomic E-state index is 0.0478. The topological polar surface area (TPSA) is 103 Å². The van der Waals surface area contributed by atoms with E-state index < -0.39 is 0 Å². The van der Waals surface area contributed by atoms with E-state index in [4.69, 9.17) is 20.2 Å². The minimum Gasteiger partial charge on any atom is -0.385 e. The van der Waals surface area contributed by atoms with E-state index in [1.54, 1.807) is 7.11 Å². The van der Waals surface area contributed by atoms with Crippen molar-refractivity contribution in [1.82, 2.24) is 19.4 Å². The Bertz CT molecular complexity index is 1610. The van der Waals surface area contributed by atoms with Gasteiger partial charge in [-0.1, -0.05) is 48.5 Å². The lowest BCUT2D eigenvalue weighted by Crippen LogP contribution is -2.42. The molecule has 0 saturated carbocycles. The van der Waals surface area contributed by atoms with Gasteiger partial charge >= 0.3 is 0 Å². The molecule has 0 spiro atoms. The first-order valence-corrected chi connectivity index (χ1v) is 16.5. The molecule has 4 aromatic rings. The summed E-state index contributed by atoms with van der Waals surface area (Å²) in [5, 5.41) is 0. The average molecular weight is 624 g/mol. The van der Waals surface area contributed by atoms with Crippen LogP contribution in [0.1, 0.15) is 53.3 Å². The molecule has 3 aromatic carbocycles. The zero-order valence-electron chi connectivity index (χ0n) is 26.8. The summed E-state index contributed by atoms with van der Waals surface area (Å²) in [4.78, 5) is 35.1. The first-order chi connectivity index (χ1) is 22.5. The molecule has 2 unspecified atom stereocenters. The monoisotopic (exact) mass is 623 g/mol. The molecule has 2 aliphatic rings. The summed E-state index contributed by atoms with van der Waals surface area (Å²) >= 11 is 0. The Morgan fingerprint density at radius 3 is 2.41 bits per heavy atom. The van der Waals surface area contributed by atoms with Crippen molar-refractivity contribution in [2.24, 2.45) is 5.73 Å². The molecule has 2 fully saturated rings. The maximum atomic E-state index is 13.4. The first kappa shape index (κ1) is 31.9. The third-order valence-corrected chi connectivity index (χ3v) is 9.21. The summed E-state index contributed by atoms with van der Waals surface area (Å²) in [6, 6.07) is 24.1. The van der Waals surface area contributed by atoms with Crippen LogP contribution in [0.3, 0.4) is 0 Å². The molecule has 2 aliphatic heterocycles. The zero-order chi connectivity index (χ0) is 31.9. The number of carbonyl (C=O) groups is 2. The van der Waals surface area contributed by atoms with Crippen LogP contribution >= 0.6 is 0 Å². The number of fused-ring (bicyclic) bond motifs is 1. The number of nitrogens with two attached hydrogens (primary N) is 1. The Hall–Kier alpha value is -4.05. The highest BCUT2D eigenvalue weighted by Crippen LogP contribution is 2.30. The van der Waals surface area contributed by atoms with Gasteiger partial charge in [-0.2, -0.15) is 0 Å². The van der Waals surface area contributed by atoms with Crippen LogP contribution in [-0.2, 0) is 27.2 Å². The molecule has 0 radical (unpaired) electrons. The van der Waals surface area contributed by atoms with Gasteiger partial charge in [0.05, 0.1) is 24.2 Å². The number of ether oxygens (including phenoxy) is 2. The van der Waals surface area contributed by atoms with Crippen LogP contribution in [0.4, 0.5) is 0 Å². The number of benzene rings is 3. The molecule has 1 aromatic heterocycles. The van der Waals surface area contributed by atoms with Crippen molar-refractivity contribution in [3.8, 4) is 11.1 Å². The van der Waals surface area contributed by atoms with Crippen LogP contribution in [0.2, 0.25) is 0 Å². The number of para-hydroxylation sites is 2. The van der Waals surface area contributed by atoms with E-state index in [-0.39, 0.29) is 23.8 Å². The molecule has 2 atom stereocenters. The largest absolute Gasteiger partial charge is 0.385 e. The van der Waals surface area contributed by atoms with Crippen molar-refractivity contribution in [3.05, 3.63) is 89.7 Å². The number of methoxy groups -OCH3 is 1. The molecule has 9 heteroatoms. The average Bonchev–Trinajstić information content (AvgIpc) is 3.47. The maximum absolute atomic E-state index is 13.4. The number of likely N-dealkylation sites (tertiary alicyclic amines) is 1. The highest BCUT2D eigenvalue weighted by atomic mass is 16.5. The van der Waals surface area contributed by atoms with Gasteiger partial charge in [0.1, 0.15) is 5.82 Å². The first-order valence-electron chi connectivity index (χ1n) is 16.5. The summed E-state index contributed by atoms with van der Waals surface area (Å²) in [5.41, 5.74) is 12.6. The lowest BCUT2D eigenvalue weighted by atomic mass is 9.95. The molecular weight excluding hydrogens is 578 g/mol. The van der Waals surface area contributed by atoms with Crippen molar-refractivity contribution in [2.45, 2.75) is 50.6 Å². The number of rotatable bonds is 11. The number of aromatic nitrogens is 2. The minimum atomic E-state index is -0.261. The van der Waals surface area contributed by atoms with Gasteiger partial charge in [0, 0.05) is 70.4 Å². The second-order valence-electron chi connectivity index (χ2n) is 12.5. The van der Waals surface area contributed by atoms with Crippen LogP contribution in [0, 0.1) is 0 Å². The predicted molar refractivity (Wildman–Crippen MR) is 180 cm³/mol. The highest BCUT2D eigenvalue weighted by molar-refractivity contribution is 5.94. The van der Waals surface area contributed by atoms with Crippen molar-refractivity contribution < 1.29 is 19.1 Å². The molecule has 0 aliphatic carbocycles. The summed E-state index contributed by atoms with van der Waals surface area (Å²) in [6.07, 6.45) is 3.83. The van der Waals surface area contributed by atoms with Gasteiger partial charge in [-0.05, 0) is 66.6 Å². The molecule has 2 saturated heterocycles. The number of morpholine rings is 1. The smallest absolute Gasteiger partial charge is 0.254 e. The van der Waals surface area contributed by atoms with Crippen LogP contribution in [-0.4, -0.2) is 90.3 Å². The summed E-state index contributed by atoms with van der Waals surface area (Å²) in [5.74, 6) is 1.43. The van der Waals surface area contributed by atoms with Crippen molar-refractivity contribution >= 4 is 22.8 Å². The summed E-state index contributed by atoms with van der Waals surface area (Å²) in [7, 11) is 1.73. The Kier molecular flexibility index (Phi) is 10.4. The van der Waals surface area contributed by atoms with E-state index in [9.17, 15) is 9.59 Å². The standard InChI is InChI=1S/C37H45N5O4/c1-45-21-5-18-42-34-8-3-2-7-33(34)39-36(42)31-6-4-17-41(26-31)35(43)25-32(38)24-27-9-11-28(12-10-27)29-13-15-30(16-14-29)37(44)40-19-22-46-23-20-40/h2-3,7-16,31-32H,4-6,17-26,38H2,1H3. The Labute approximate surface area is 271 Å². The quantitative estimate of drug-likeness (QED) is 0.239. The fraction of sp³-hybridized carbons (Fsp3) is 0.432. The van der Waals surface area contributed by atoms with E-state index >= 15 is 0 Å². The van der Waals surface area contributed by atoms with Gasteiger partial charge in [0.25, 0.3) is 5.91 Å². The van der Waals surface area contributed by atoms with E-state index in [0.29, 0.717) is 57.9 Å². The van der Waals surface area contributed by atoms with Gasteiger partial charge in [-0.25, -0.2) is 4.98 Å². The van der Waals surface area contributed by atoms with Crippen molar-refractivity contribution in [1.29, 1.82) is 0 Å². The number of hydrogen-bond donors (Lipinski definition) is 1. The predicted octanol–water partition coefficient (Wildman–Crippen LogP) is 4.88. The molecule has 46 heavy (non-hydrogen) atoms. The number of hydrogen-bond acceptors (Lipinski definition) is 6. The molecule has 242 valence electrons. The van der Waals surface area contributed by atoms with Gasteiger partial charge in [0.2, 0.25) is 5.91 Å². The number of nitrogens with zero attached hydrogens (tertiary/aromatic N) is 4. The van der Waals surface area contributed by atoms with Gasteiger partial charge in [0.15, 0.2) is 0 Å². The fourth-order valence-corrected chi connectivity index (χ4v) is 6.74. The van der Waals surface area contributed by atoms with Crippen LogP contribution in [0.15, 0.2) is 72.8 Å². The highest BCUT2D eigenvalue weighted by Gasteiger charge is 2.29. The summed E-state index contributed by atoms with van der Waals surface area (Å²) < 4.78 is 13.0. The van der Waals surface area contributed by atoms with Gasteiger partial charge < -0.3 is 29.6 Å². The maximum Gasteiger partial charge on any atom is 0.254 e. The van der Waals surface area contributed by atoms with Crippen LogP contribution < -0.4 is 5.73 Å². The Balaban J connectivity index is 1.03. The number of aryl methyl sites for hydroxylation is 1. The van der Waals surface area contributed by atoms with E-state index in [0.717, 1.165) is 65.9 Å². The molecule has 3 heterocycles. The third-order valence-electron chi connectivity index (χ3n) is 9.21. The molecule has 9 nitrogen and oxygen atoms in total. The number of piperidine rings is 1. The van der Waals surface area contributed by atoms with Crippen molar-refractivity contribution in [2.75, 3.05) is 53.1 Å². The molecular formula is C37H45N5O4. The van der Waals surface area contributed by atoms with Crippen LogP contribution in [0.5, 0.6) is 0 Å². The zero-order valence-corrected chi connectivity index (χ0v) is 26.8. The normalized spacial score (nSPS) is 17.7. The van der Waals surface area contributed by atoms with Gasteiger partial charge in [-0.3, -0.25) is 9.59 Å². The van der Waals surface area contributed by atoms with Crippen LogP contribution in [0.25, 0.3) is 22.2 Å². The molecule has 0 bridgehead atoms. The fourth-order valence-electron chi connectivity index (χ4n) is 6.74. The number of carbonyl (C=O) groups excluding carboxylic acids is 2. The third kappa shape index (κ3) is 7.49. The van der Waals surface area contributed by atoms with Gasteiger partial charge in [-0.15, -0.1) is 0 Å². The SMILES string of the molecule is COCCCn1c(C2CCCN(C(=O)CC(N)Cc3ccc(-c4ccc(C(=O)N5CCOCC5)cc4)cc3)C2)nc2ccccc21. The van der Waals surface area contributed by atoms with E-state index in [1.807, 2.05) is 40.1 Å². The van der Waals surface area contributed by atoms with E-state index in [2.05, 4.69) is 47.0 Å². The van der Waals surface area contributed by atoms with Crippen molar-refractivity contribution in [3.63, 3.8) is 0 Å². The second kappa shape index (κ2) is 15.0. The second-order valence-corrected chi connectivity index (χ2v) is 12.5. The lowest BCUT2D eigenvalue weighted by Gasteiger charge is -2.33. The number of imidazole rings is 1. The Morgan fingerprint density at radius 1 is 0.957 bits per heavy atom. The molecule has 2 amide bonds. The Morgan fingerprint density at radius 2 is 1.67 bits per heavy atom. The lowest BCUT2D eigenvalue weighted by molar-refractivity contribution is -0.132. The summed E-state index contributed by atoms with van der Waals surface area (Å²) in [6.45, 7) is 5.43. The number of amides is 2. The molecule has 6 rings (SSSR count). The molecule has 2 N–H and O–H groups in total.